The van der Waals surface area contributed by atoms with Gasteiger partial charge in [0.2, 0.25) is 5.91 Å². The van der Waals surface area contributed by atoms with Gasteiger partial charge in [-0.25, -0.2) is 9.37 Å². The monoisotopic (exact) mass is 571 g/mol. The molecule has 0 aliphatic carbocycles. The van der Waals surface area contributed by atoms with Gasteiger partial charge in [-0.05, 0) is 66.8 Å². The van der Waals surface area contributed by atoms with Crippen LogP contribution >= 0.6 is 0 Å². The minimum atomic E-state index is -0.709. The number of nitrogens with one attached hydrogen (secondary N) is 3. The lowest BCUT2D eigenvalue weighted by atomic mass is 9.98. The minimum absolute atomic E-state index is 0.0175. The SMILES string of the molecule is O=C1CCCN(C(=O)c2nc3ccccc3[nH]c2=O)CCCNC(=O)c2cc(ccc2F)-c2cc(ccc2O)CCN1. The van der Waals surface area contributed by atoms with Crippen LogP contribution in [-0.4, -0.2) is 63.9 Å². The first-order valence-corrected chi connectivity index (χ1v) is 13.7. The summed E-state index contributed by atoms with van der Waals surface area (Å²) in [5.41, 5.74) is 1.66. The second-order valence-electron chi connectivity index (χ2n) is 10.1. The molecule has 0 saturated carbocycles. The van der Waals surface area contributed by atoms with E-state index < -0.39 is 23.2 Å². The van der Waals surface area contributed by atoms with E-state index in [1.807, 2.05) is 0 Å². The largest absolute Gasteiger partial charge is 0.507 e. The standard InChI is InChI=1S/C31H30FN5O5/c32-23-10-9-20-18-22(23)29(40)34-13-4-16-37(31(42)28-30(41)36-25-6-2-1-5-24(25)35-28)15-3-7-27(39)33-14-12-19-8-11-26(38)21(20)17-19/h1-2,5-6,8-11,17-18,38H,3-4,7,12-16H2,(H,33,39)(H,34,40)(H,36,41). The molecule has 1 aliphatic rings. The maximum absolute atomic E-state index is 14.7. The molecule has 3 aromatic carbocycles. The molecule has 1 aliphatic heterocycles. The van der Waals surface area contributed by atoms with Crippen LogP contribution in [0, 0.1) is 5.82 Å². The maximum Gasteiger partial charge on any atom is 0.280 e. The van der Waals surface area contributed by atoms with Crippen LogP contribution < -0.4 is 16.2 Å². The van der Waals surface area contributed by atoms with Gasteiger partial charge in [-0.15, -0.1) is 0 Å². The number of hydrogen-bond acceptors (Lipinski definition) is 6. The molecule has 1 aromatic heterocycles. The number of benzene rings is 3. The molecule has 2 heterocycles. The molecule has 11 heteroatoms. The topological polar surface area (TPSA) is 144 Å². The Labute approximate surface area is 240 Å². The van der Waals surface area contributed by atoms with Crippen LogP contribution in [0.2, 0.25) is 0 Å². The third kappa shape index (κ3) is 6.46. The fourth-order valence-electron chi connectivity index (χ4n) is 4.91. The molecule has 0 unspecified atom stereocenters. The number of nitrogens with zero attached hydrogens (tertiary/aromatic N) is 2. The first kappa shape index (κ1) is 28.5. The van der Waals surface area contributed by atoms with Crippen molar-refractivity contribution in [3.63, 3.8) is 0 Å². The van der Waals surface area contributed by atoms with E-state index in [0.29, 0.717) is 48.0 Å². The molecule has 0 radical (unpaired) electrons. The Morgan fingerprint density at radius 1 is 0.881 bits per heavy atom. The molecule has 42 heavy (non-hydrogen) atoms. The van der Waals surface area contributed by atoms with Gasteiger partial charge in [-0.3, -0.25) is 19.2 Å². The average Bonchev–Trinajstić information content (AvgIpc) is 2.98. The Balaban J connectivity index is 1.39. The predicted molar refractivity (Wildman–Crippen MR) is 155 cm³/mol. The molecule has 0 fully saturated rings. The summed E-state index contributed by atoms with van der Waals surface area (Å²) in [6.45, 7) is 0.817. The number of carbonyl (C=O) groups excluding carboxylic acids is 3. The van der Waals surface area contributed by atoms with Crippen LogP contribution in [0.15, 0.2) is 65.5 Å². The quantitative estimate of drug-likeness (QED) is 0.276. The van der Waals surface area contributed by atoms with Crippen molar-refractivity contribution in [3.8, 4) is 16.9 Å². The van der Waals surface area contributed by atoms with Gasteiger partial charge in [0.15, 0.2) is 5.69 Å². The number of amides is 3. The molecule has 4 N–H and O–H groups in total. The minimum Gasteiger partial charge on any atom is -0.507 e. The van der Waals surface area contributed by atoms with Gasteiger partial charge < -0.3 is 25.6 Å². The van der Waals surface area contributed by atoms with E-state index in [4.69, 9.17) is 0 Å². The van der Waals surface area contributed by atoms with Crippen LogP contribution in [0.4, 0.5) is 4.39 Å². The van der Waals surface area contributed by atoms with Gasteiger partial charge in [0, 0.05) is 38.2 Å². The summed E-state index contributed by atoms with van der Waals surface area (Å²) in [5.74, 6) is -2.13. The zero-order valence-electron chi connectivity index (χ0n) is 22.8. The smallest absolute Gasteiger partial charge is 0.280 e. The van der Waals surface area contributed by atoms with Crippen molar-refractivity contribution < 1.29 is 23.9 Å². The van der Waals surface area contributed by atoms with Gasteiger partial charge in [-0.1, -0.05) is 24.3 Å². The summed E-state index contributed by atoms with van der Waals surface area (Å²) in [6, 6.07) is 15.9. The van der Waals surface area contributed by atoms with Crippen molar-refractivity contribution in [2.24, 2.45) is 0 Å². The molecule has 5 rings (SSSR count). The third-order valence-electron chi connectivity index (χ3n) is 7.13. The van der Waals surface area contributed by atoms with Crippen molar-refractivity contribution in [3.05, 3.63) is 93.7 Å². The maximum atomic E-state index is 14.7. The number of hydrogen-bond donors (Lipinski definition) is 4. The second-order valence-corrected chi connectivity index (χ2v) is 10.1. The molecule has 0 saturated heterocycles. The van der Waals surface area contributed by atoms with E-state index in [9.17, 15) is 28.7 Å². The molecule has 216 valence electrons. The summed E-state index contributed by atoms with van der Waals surface area (Å²) >= 11 is 0. The Morgan fingerprint density at radius 2 is 1.69 bits per heavy atom. The number of aromatic hydroxyl groups is 1. The van der Waals surface area contributed by atoms with Crippen molar-refractivity contribution in [2.75, 3.05) is 26.2 Å². The lowest BCUT2D eigenvalue weighted by molar-refractivity contribution is -0.121. The fourth-order valence-corrected chi connectivity index (χ4v) is 4.91. The Morgan fingerprint density at radius 3 is 2.55 bits per heavy atom. The predicted octanol–water partition coefficient (Wildman–Crippen LogP) is 3.15. The molecular weight excluding hydrogens is 541 g/mol. The van der Waals surface area contributed by atoms with E-state index in [0.717, 1.165) is 5.56 Å². The highest BCUT2D eigenvalue weighted by atomic mass is 19.1. The highest BCUT2D eigenvalue weighted by molar-refractivity contribution is 5.96. The number of aromatic amines is 1. The van der Waals surface area contributed by atoms with Crippen molar-refractivity contribution >= 4 is 28.8 Å². The first-order chi connectivity index (χ1) is 20.3. The average molecular weight is 572 g/mol. The summed E-state index contributed by atoms with van der Waals surface area (Å²) in [5, 5.41) is 16.0. The second kappa shape index (κ2) is 12.6. The van der Waals surface area contributed by atoms with E-state index in [1.54, 1.807) is 36.4 Å². The van der Waals surface area contributed by atoms with E-state index in [2.05, 4.69) is 20.6 Å². The van der Waals surface area contributed by atoms with Gasteiger partial charge in [-0.2, -0.15) is 0 Å². The highest BCUT2D eigenvalue weighted by Gasteiger charge is 2.22. The van der Waals surface area contributed by atoms with Crippen molar-refractivity contribution in [2.45, 2.75) is 25.7 Å². The lowest BCUT2D eigenvalue weighted by Gasteiger charge is -2.22. The number of phenols is 1. The summed E-state index contributed by atoms with van der Waals surface area (Å²) in [4.78, 5) is 60.0. The number of rotatable bonds is 1. The van der Waals surface area contributed by atoms with Crippen LogP contribution in [0.5, 0.6) is 5.75 Å². The number of carbonyl (C=O) groups is 3. The van der Waals surface area contributed by atoms with Crippen LogP contribution in [0.1, 0.15) is 45.7 Å². The zero-order chi connectivity index (χ0) is 29.6. The number of phenolic OH excluding ortho intramolecular Hbond substituents is 1. The molecule has 4 bridgehead atoms. The number of aromatic nitrogens is 2. The number of para-hydroxylation sites is 2. The van der Waals surface area contributed by atoms with Gasteiger partial charge >= 0.3 is 0 Å². The molecule has 10 nitrogen and oxygen atoms in total. The van der Waals surface area contributed by atoms with Gasteiger partial charge in [0.05, 0.1) is 16.6 Å². The molecule has 0 spiro atoms. The fraction of sp³-hybridized carbons (Fsp3) is 0.258. The van der Waals surface area contributed by atoms with Gasteiger partial charge in [0.25, 0.3) is 17.4 Å². The number of fused-ring (bicyclic) bond motifs is 6. The Hall–Kier alpha value is -5.06. The zero-order valence-corrected chi connectivity index (χ0v) is 22.8. The number of H-pyrrole nitrogens is 1. The van der Waals surface area contributed by atoms with Gasteiger partial charge in [0.1, 0.15) is 11.6 Å². The van der Waals surface area contributed by atoms with Crippen LogP contribution in [0.3, 0.4) is 0 Å². The normalized spacial score (nSPS) is 15.2. The number of halogens is 1. The van der Waals surface area contributed by atoms with Crippen LogP contribution in [0.25, 0.3) is 22.2 Å². The van der Waals surface area contributed by atoms with Crippen molar-refractivity contribution in [1.29, 1.82) is 0 Å². The Bertz CT molecular complexity index is 1720. The third-order valence-corrected chi connectivity index (χ3v) is 7.13. The summed E-state index contributed by atoms with van der Waals surface area (Å²) in [7, 11) is 0. The summed E-state index contributed by atoms with van der Waals surface area (Å²) in [6.07, 6.45) is 1.29. The Kier molecular flexibility index (Phi) is 8.56. The molecule has 0 atom stereocenters. The van der Waals surface area contributed by atoms with E-state index >= 15 is 0 Å². The van der Waals surface area contributed by atoms with Crippen molar-refractivity contribution in [1.82, 2.24) is 25.5 Å². The molecular formula is C31H30FN5O5. The van der Waals surface area contributed by atoms with E-state index in [-0.39, 0.29) is 49.0 Å². The molecule has 3 amide bonds. The van der Waals surface area contributed by atoms with Crippen LogP contribution in [-0.2, 0) is 11.2 Å². The van der Waals surface area contributed by atoms with E-state index in [1.165, 1.54) is 29.2 Å². The highest BCUT2D eigenvalue weighted by Crippen LogP contribution is 2.31. The molecule has 4 aromatic rings. The summed E-state index contributed by atoms with van der Waals surface area (Å²) < 4.78 is 14.7. The lowest BCUT2D eigenvalue weighted by Crippen LogP contribution is -2.39. The first-order valence-electron chi connectivity index (χ1n) is 13.7.